The van der Waals surface area contributed by atoms with Gasteiger partial charge in [-0.15, -0.1) is 11.3 Å². The van der Waals surface area contributed by atoms with E-state index in [2.05, 4.69) is 10.6 Å². The van der Waals surface area contributed by atoms with Gasteiger partial charge in [-0.05, 0) is 42.0 Å². The Hall–Kier alpha value is -3.20. The monoisotopic (exact) mass is 426 g/mol. The summed E-state index contributed by atoms with van der Waals surface area (Å²) in [5.41, 5.74) is 1.30. The fourth-order valence-corrected chi connectivity index (χ4v) is 4.47. The number of hydrogen-bond acceptors (Lipinski definition) is 5. The van der Waals surface area contributed by atoms with Crippen molar-refractivity contribution in [1.82, 2.24) is 15.1 Å². The Labute approximate surface area is 177 Å². The molecule has 2 aliphatic heterocycles. The first kappa shape index (κ1) is 20.1. The Morgan fingerprint density at radius 2 is 2.07 bits per heavy atom. The summed E-state index contributed by atoms with van der Waals surface area (Å²) in [4.78, 5) is 52.8. The van der Waals surface area contributed by atoms with Crippen molar-refractivity contribution in [2.24, 2.45) is 0 Å². The molecule has 0 bridgehead atoms. The minimum absolute atomic E-state index is 0.00623. The van der Waals surface area contributed by atoms with Gasteiger partial charge in [0.05, 0.1) is 19.5 Å². The zero-order valence-electron chi connectivity index (χ0n) is 16.3. The minimum atomic E-state index is -0.493. The smallest absolute Gasteiger partial charge is 0.324 e. The molecule has 0 radical (unpaired) electrons. The Bertz CT molecular complexity index is 959. The molecule has 3 heterocycles. The lowest BCUT2D eigenvalue weighted by Crippen LogP contribution is -2.43. The molecular weight excluding hydrogens is 404 g/mol. The summed E-state index contributed by atoms with van der Waals surface area (Å²) in [6.07, 6.45) is 1.73. The number of thiophene rings is 1. The summed E-state index contributed by atoms with van der Waals surface area (Å²) in [5, 5.41) is 7.30. The number of anilines is 1. The topological polar surface area (TPSA) is 98.8 Å². The second-order valence-corrected chi connectivity index (χ2v) is 8.36. The van der Waals surface area contributed by atoms with Crippen molar-refractivity contribution in [2.75, 3.05) is 18.4 Å². The molecule has 0 aliphatic carbocycles. The van der Waals surface area contributed by atoms with Gasteiger partial charge in [-0.2, -0.15) is 0 Å². The van der Waals surface area contributed by atoms with Crippen molar-refractivity contribution in [3.63, 3.8) is 0 Å². The van der Waals surface area contributed by atoms with Gasteiger partial charge in [0.25, 0.3) is 0 Å². The first-order valence-electron chi connectivity index (χ1n) is 9.81. The van der Waals surface area contributed by atoms with E-state index in [0.29, 0.717) is 25.1 Å². The number of amides is 5. The molecule has 2 N–H and O–H groups in total. The molecule has 30 heavy (non-hydrogen) atoms. The van der Waals surface area contributed by atoms with Gasteiger partial charge in [0.2, 0.25) is 17.7 Å². The molecule has 2 aromatic rings. The van der Waals surface area contributed by atoms with Gasteiger partial charge in [-0.1, -0.05) is 18.2 Å². The van der Waals surface area contributed by atoms with Crippen LogP contribution < -0.4 is 10.6 Å². The van der Waals surface area contributed by atoms with Crippen LogP contribution in [0.25, 0.3) is 0 Å². The van der Waals surface area contributed by atoms with Gasteiger partial charge in [0, 0.05) is 17.1 Å². The molecule has 2 fully saturated rings. The molecule has 8 nitrogen and oxygen atoms in total. The number of rotatable bonds is 6. The van der Waals surface area contributed by atoms with Gasteiger partial charge >= 0.3 is 6.03 Å². The van der Waals surface area contributed by atoms with E-state index >= 15 is 0 Å². The first-order valence-corrected chi connectivity index (χ1v) is 10.7. The summed E-state index contributed by atoms with van der Waals surface area (Å²) in [6, 6.07) is 9.97. The number of carbonyl (C=O) groups excluding carboxylic acids is 4. The number of urea groups is 1. The maximum Gasteiger partial charge on any atom is 0.324 e. The highest BCUT2D eigenvalue weighted by Crippen LogP contribution is 2.22. The number of benzene rings is 1. The summed E-state index contributed by atoms with van der Waals surface area (Å²) in [5.74, 6) is -0.540. The van der Waals surface area contributed by atoms with Crippen molar-refractivity contribution >= 4 is 40.8 Å². The van der Waals surface area contributed by atoms with Gasteiger partial charge in [0.15, 0.2) is 0 Å². The highest BCUT2D eigenvalue weighted by Gasteiger charge is 2.34. The Morgan fingerprint density at radius 1 is 1.20 bits per heavy atom. The summed E-state index contributed by atoms with van der Waals surface area (Å²) < 4.78 is 0. The van der Waals surface area contributed by atoms with Crippen LogP contribution in [0, 0.1) is 0 Å². The molecule has 1 unspecified atom stereocenters. The molecule has 4 rings (SSSR count). The molecule has 156 valence electrons. The zero-order chi connectivity index (χ0) is 21.1. The fourth-order valence-electron chi connectivity index (χ4n) is 3.77. The lowest BCUT2D eigenvalue weighted by atomic mass is 10.1. The maximum absolute atomic E-state index is 12.9. The van der Waals surface area contributed by atoms with Crippen LogP contribution in [0.5, 0.6) is 0 Å². The van der Waals surface area contributed by atoms with Crippen LogP contribution in [0.3, 0.4) is 0 Å². The minimum Gasteiger partial charge on any atom is -0.330 e. The predicted molar refractivity (Wildman–Crippen MR) is 112 cm³/mol. The standard InChI is InChI=1S/C21H22N4O4S/c26-18(11-16-6-3-9-30-16)24-8-2-7-17(24)20(28)23-15-5-1-4-14(10-15)13-25-19(27)12-22-21(25)29/h1,3-6,9-10,17H,2,7-8,11-13H2,(H,22,29)(H,23,28). The summed E-state index contributed by atoms with van der Waals surface area (Å²) in [6.45, 7) is 0.726. The van der Waals surface area contributed by atoms with Crippen molar-refractivity contribution in [3.05, 3.63) is 52.2 Å². The highest BCUT2D eigenvalue weighted by atomic mass is 32.1. The Morgan fingerprint density at radius 3 is 2.80 bits per heavy atom. The highest BCUT2D eigenvalue weighted by molar-refractivity contribution is 7.10. The van der Waals surface area contributed by atoms with Crippen LogP contribution in [0.2, 0.25) is 0 Å². The van der Waals surface area contributed by atoms with Crippen LogP contribution in [-0.4, -0.2) is 52.7 Å². The molecule has 0 saturated carbocycles. The summed E-state index contributed by atoms with van der Waals surface area (Å²) >= 11 is 1.53. The average Bonchev–Trinajstić information content (AvgIpc) is 3.47. The van der Waals surface area contributed by atoms with Crippen LogP contribution in [-0.2, 0) is 27.3 Å². The van der Waals surface area contributed by atoms with E-state index in [1.54, 1.807) is 29.2 Å². The molecule has 1 aromatic carbocycles. The van der Waals surface area contributed by atoms with Crippen molar-refractivity contribution in [1.29, 1.82) is 0 Å². The maximum atomic E-state index is 12.9. The van der Waals surface area contributed by atoms with Crippen LogP contribution in [0.15, 0.2) is 41.8 Å². The third-order valence-corrected chi connectivity index (χ3v) is 6.13. The Kier molecular flexibility index (Phi) is 5.80. The lowest BCUT2D eigenvalue weighted by molar-refractivity contribution is -0.136. The third-order valence-electron chi connectivity index (χ3n) is 5.25. The largest absolute Gasteiger partial charge is 0.330 e. The van der Waals surface area contributed by atoms with E-state index in [1.165, 1.54) is 11.3 Å². The van der Waals surface area contributed by atoms with Crippen molar-refractivity contribution < 1.29 is 19.2 Å². The van der Waals surface area contributed by atoms with Crippen molar-refractivity contribution in [3.8, 4) is 0 Å². The van der Waals surface area contributed by atoms with Gasteiger partial charge in [-0.3, -0.25) is 19.3 Å². The molecular formula is C21H22N4O4S. The third kappa shape index (κ3) is 4.35. The van der Waals surface area contributed by atoms with Crippen LogP contribution in [0.4, 0.5) is 10.5 Å². The first-order chi connectivity index (χ1) is 14.5. The fraction of sp³-hybridized carbons (Fsp3) is 0.333. The number of imide groups is 1. The average molecular weight is 426 g/mol. The summed E-state index contributed by atoms with van der Waals surface area (Å²) in [7, 11) is 0. The lowest BCUT2D eigenvalue weighted by Gasteiger charge is -2.24. The Balaban J connectivity index is 1.40. The molecule has 9 heteroatoms. The quantitative estimate of drug-likeness (QED) is 0.690. The van der Waals surface area contributed by atoms with E-state index in [0.717, 1.165) is 21.8 Å². The second kappa shape index (κ2) is 8.66. The zero-order valence-corrected chi connectivity index (χ0v) is 17.1. The molecule has 2 aliphatic rings. The molecule has 2 saturated heterocycles. The number of nitrogens with zero attached hydrogens (tertiary/aromatic N) is 2. The number of hydrogen-bond donors (Lipinski definition) is 2. The van der Waals surface area contributed by atoms with E-state index in [9.17, 15) is 19.2 Å². The van der Waals surface area contributed by atoms with E-state index in [4.69, 9.17) is 0 Å². The number of nitrogens with one attached hydrogen (secondary N) is 2. The SMILES string of the molecule is O=C(Nc1cccc(CN2C(=O)CNC2=O)c1)C1CCCN1C(=O)Cc1cccs1. The molecule has 5 amide bonds. The molecule has 1 aromatic heterocycles. The van der Waals surface area contributed by atoms with Crippen LogP contribution >= 0.6 is 11.3 Å². The number of carbonyl (C=O) groups is 4. The van der Waals surface area contributed by atoms with Gasteiger partial charge in [-0.25, -0.2) is 4.79 Å². The number of likely N-dealkylation sites (tertiary alicyclic amines) is 1. The van der Waals surface area contributed by atoms with Gasteiger partial charge < -0.3 is 15.5 Å². The normalized spacial score (nSPS) is 18.6. The van der Waals surface area contributed by atoms with E-state index < -0.39 is 12.1 Å². The predicted octanol–water partition coefficient (Wildman–Crippen LogP) is 1.97. The van der Waals surface area contributed by atoms with Crippen LogP contribution in [0.1, 0.15) is 23.3 Å². The molecule has 1 atom stereocenters. The van der Waals surface area contributed by atoms with Gasteiger partial charge in [0.1, 0.15) is 6.04 Å². The van der Waals surface area contributed by atoms with Crippen molar-refractivity contribution in [2.45, 2.75) is 31.8 Å². The van der Waals surface area contributed by atoms with E-state index in [1.807, 2.05) is 17.5 Å². The second-order valence-electron chi connectivity index (χ2n) is 7.33. The molecule has 0 spiro atoms. The van der Waals surface area contributed by atoms with E-state index in [-0.39, 0.29) is 30.8 Å².